The number of nitrogens with one attached hydrogen (secondary N) is 1. The molecule has 0 spiro atoms. The predicted molar refractivity (Wildman–Crippen MR) is 105 cm³/mol. The lowest BCUT2D eigenvalue weighted by Gasteiger charge is -2.11. The summed E-state index contributed by atoms with van der Waals surface area (Å²) in [6.07, 6.45) is 5.25. The Morgan fingerprint density at radius 2 is 1.83 bits per heavy atom. The van der Waals surface area contributed by atoms with Crippen LogP contribution in [-0.2, 0) is 0 Å². The van der Waals surface area contributed by atoms with Crippen molar-refractivity contribution in [1.29, 1.82) is 0 Å². The molecule has 0 radical (unpaired) electrons. The summed E-state index contributed by atoms with van der Waals surface area (Å²) in [6.45, 7) is -2.87. The van der Waals surface area contributed by atoms with Gasteiger partial charge in [-0.05, 0) is 49.2 Å². The second kappa shape index (κ2) is 7.33. The number of hydrogen-bond donors (Lipinski definition) is 1. The zero-order valence-corrected chi connectivity index (χ0v) is 15.6. The van der Waals surface area contributed by atoms with Gasteiger partial charge in [-0.2, -0.15) is 8.78 Å². The fourth-order valence-electron chi connectivity index (χ4n) is 3.32. The van der Waals surface area contributed by atoms with Gasteiger partial charge in [-0.1, -0.05) is 0 Å². The zero-order valence-electron chi connectivity index (χ0n) is 15.6. The number of halogens is 3. The molecule has 0 saturated heterocycles. The van der Waals surface area contributed by atoms with Gasteiger partial charge in [-0.15, -0.1) is 0 Å². The summed E-state index contributed by atoms with van der Waals surface area (Å²) < 4.78 is 44.5. The van der Waals surface area contributed by atoms with Gasteiger partial charge in [0.1, 0.15) is 17.4 Å². The lowest BCUT2D eigenvalue weighted by molar-refractivity contribution is -0.0498. The molecule has 0 amide bonds. The SMILES string of the molecule is Fc1ccc2c(c1)nc(C1CC1)n2-c1cncc(Nc2ccc(OC(F)F)cc2)n1. The van der Waals surface area contributed by atoms with Crippen LogP contribution in [0.1, 0.15) is 24.6 Å². The van der Waals surface area contributed by atoms with Crippen LogP contribution in [0, 0.1) is 5.82 Å². The topological polar surface area (TPSA) is 64.9 Å². The molecule has 4 aromatic rings. The Labute approximate surface area is 169 Å². The van der Waals surface area contributed by atoms with E-state index in [0.717, 1.165) is 24.2 Å². The molecule has 5 rings (SSSR count). The maximum Gasteiger partial charge on any atom is 0.387 e. The van der Waals surface area contributed by atoms with Gasteiger partial charge < -0.3 is 10.1 Å². The van der Waals surface area contributed by atoms with Gasteiger partial charge in [0.2, 0.25) is 0 Å². The van der Waals surface area contributed by atoms with Crippen molar-refractivity contribution in [2.75, 3.05) is 5.32 Å². The second-order valence-electron chi connectivity index (χ2n) is 7.00. The van der Waals surface area contributed by atoms with E-state index < -0.39 is 6.61 Å². The Morgan fingerprint density at radius 3 is 2.57 bits per heavy atom. The van der Waals surface area contributed by atoms with Crippen LogP contribution in [0.5, 0.6) is 5.75 Å². The number of aromatic nitrogens is 4. The molecule has 0 atom stereocenters. The Hall–Kier alpha value is -3.62. The van der Waals surface area contributed by atoms with E-state index in [4.69, 9.17) is 0 Å². The first-order chi connectivity index (χ1) is 14.6. The molecule has 2 aromatic heterocycles. The number of hydrogen-bond acceptors (Lipinski definition) is 5. The third-order valence-electron chi connectivity index (χ3n) is 4.79. The molecule has 1 N–H and O–H groups in total. The Balaban J connectivity index is 1.47. The number of alkyl halides is 2. The normalized spacial score (nSPS) is 13.7. The third kappa shape index (κ3) is 3.66. The minimum atomic E-state index is -2.87. The molecule has 0 bridgehead atoms. The van der Waals surface area contributed by atoms with E-state index >= 15 is 0 Å². The second-order valence-corrected chi connectivity index (χ2v) is 7.00. The quantitative estimate of drug-likeness (QED) is 0.474. The number of fused-ring (bicyclic) bond motifs is 1. The van der Waals surface area contributed by atoms with Crippen molar-refractivity contribution in [3.8, 4) is 11.6 Å². The van der Waals surface area contributed by atoms with Crippen molar-refractivity contribution < 1.29 is 17.9 Å². The molecule has 2 aromatic carbocycles. The Kier molecular flexibility index (Phi) is 4.50. The molecule has 1 fully saturated rings. The number of ether oxygens (including phenoxy) is 1. The van der Waals surface area contributed by atoms with Crippen molar-refractivity contribution in [3.63, 3.8) is 0 Å². The predicted octanol–water partition coefficient (Wildman–Crippen LogP) is 5.18. The summed E-state index contributed by atoms with van der Waals surface area (Å²) in [7, 11) is 0. The highest BCUT2D eigenvalue weighted by molar-refractivity contribution is 5.78. The van der Waals surface area contributed by atoms with Gasteiger partial charge in [-0.3, -0.25) is 9.55 Å². The summed E-state index contributed by atoms with van der Waals surface area (Å²) >= 11 is 0. The molecule has 2 heterocycles. The van der Waals surface area contributed by atoms with Crippen LogP contribution in [0.2, 0.25) is 0 Å². The van der Waals surface area contributed by atoms with Crippen molar-refractivity contribution >= 4 is 22.5 Å². The monoisotopic (exact) mass is 411 g/mol. The number of nitrogens with zero attached hydrogens (tertiary/aromatic N) is 4. The van der Waals surface area contributed by atoms with Crippen molar-refractivity contribution in [3.05, 3.63) is 66.5 Å². The molecule has 9 heteroatoms. The van der Waals surface area contributed by atoms with Gasteiger partial charge in [0.25, 0.3) is 0 Å². The van der Waals surface area contributed by atoms with Crippen molar-refractivity contribution in [1.82, 2.24) is 19.5 Å². The van der Waals surface area contributed by atoms with Gasteiger partial charge in [0.05, 0.1) is 23.4 Å². The van der Waals surface area contributed by atoms with E-state index in [1.165, 1.54) is 24.3 Å². The Morgan fingerprint density at radius 1 is 1.03 bits per heavy atom. The van der Waals surface area contributed by atoms with Gasteiger partial charge >= 0.3 is 6.61 Å². The smallest absolute Gasteiger partial charge is 0.387 e. The Bertz CT molecular complexity index is 1210. The first-order valence-corrected chi connectivity index (χ1v) is 9.39. The number of anilines is 2. The summed E-state index contributed by atoms with van der Waals surface area (Å²) in [5.41, 5.74) is 1.98. The maximum absolute atomic E-state index is 13.7. The summed E-state index contributed by atoms with van der Waals surface area (Å²) in [4.78, 5) is 13.5. The van der Waals surface area contributed by atoms with Gasteiger partial charge in [0.15, 0.2) is 11.6 Å². The molecule has 6 nitrogen and oxygen atoms in total. The minimum absolute atomic E-state index is 0.0709. The molecular formula is C21H16F3N5O. The van der Waals surface area contributed by atoms with E-state index in [1.54, 1.807) is 30.6 Å². The molecule has 0 aliphatic heterocycles. The molecule has 1 aliphatic rings. The molecule has 0 unspecified atom stereocenters. The first kappa shape index (κ1) is 18.4. The third-order valence-corrected chi connectivity index (χ3v) is 4.79. The number of benzene rings is 2. The van der Waals surface area contributed by atoms with E-state index in [-0.39, 0.29) is 11.6 Å². The fraction of sp³-hybridized carbons (Fsp3) is 0.190. The van der Waals surface area contributed by atoms with Crippen LogP contribution >= 0.6 is 0 Å². The average molecular weight is 411 g/mol. The standard InChI is InChI=1S/C21H16F3N5O/c22-13-3-8-17-16(9-13)27-20(12-1-2-12)29(17)19-11-25-10-18(28-19)26-14-4-6-15(7-5-14)30-21(23)24/h3-12,21H,1-2H2,(H,26,28). The van der Waals surface area contributed by atoms with E-state index in [1.807, 2.05) is 4.57 Å². The van der Waals surface area contributed by atoms with Crippen molar-refractivity contribution in [2.24, 2.45) is 0 Å². The van der Waals surface area contributed by atoms with Gasteiger partial charge in [0, 0.05) is 17.7 Å². The van der Waals surface area contributed by atoms with Crippen LogP contribution < -0.4 is 10.1 Å². The van der Waals surface area contributed by atoms with Crippen LogP contribution in [0.25, 0.3) is 16.9 Å². The lowest BCUT2D eigenvalue weighted by atomic mass is 10.3. The average Bonchev–Trinajstić information content (AvgIpc) is 3.50. The van der Waals surface area contributed by atoms with Crippen LogP contribution in [0.4, 0.5) is 24.7 Å². The highest BCUT2D eigenvalue weighted by Gasteiger charge is 2.30. The highest BCUT2D eigenvalue weighted by Crippen LogP contribution is 2.41. The fourth-order valence-corrected chi connectivity index (χ4v) is 3.32. The molecule has 1 saturated carbocycles. The molecule has 152 valence electrons. The number of rotatable bonds is 6. The van der Waals surface area contributed by atoms with Crippen molar-refractivity contribution in [2.45, 2.75) is 25.4 Å². The van der Waals surface area contributed by atoms with Crippen LogP contribution in [-0.4, -0.2) is 26.1 Å². The first-order valence-electron chi connectivity index (χ1n) is 9.39. The maximum atomic E-state index is 13.7. The lowest BCUT2D eigenvalue weighted by Crippen LogP contribution is -2.05. The minimum Gasteiger partial charge on any atom is -0.435 e. The summed E-state index contributed by atoms with van der Waals surface area (Å²) in [5, 5.41) is 3.10. The summed E-state index contributed by atoms with van der Waals surface area (Å²) in [6, 6.07) is 10.6. The number of imidazole rings is 1. The molecule has 1 aliphatic carbocycles. The van der Waals surface area contributed by atoms with Crippen LogP contribution in [0.15, 0.2) is 54.9 Å². The van der Waals surface area contributed by atoms with E-state index in [2.05, 4.69) is 25.0 Å². The highest BCUT2D eigenvalue weighted by atomic mass is 19.3. The van der Waals surface area contributed by atoms with E-state index in [9.17, 15) is 13.2 Å². The molecular weight excluding hydrogens is 395 g/mol. The largest absolute Gasteiger partial charge is 0.435 e. The zero-order chi connectivity index (χ0) is 20.7. The van der Waals surface area contributed by atoms with Crippen LogP contribution in [0.3, 0.4) is 0 Å². The summed E-state index contributed by atoms with van der Waals surface area (Å²) in [5.74, 6) is 1.93. The van der Waals surface area contributed by atoms with Gasteiger partial charge in [-0.25, -0.2) is 14.4 Å². The van der Waals surface area contributed by atoms with E-state index in [0.29, 0.717) is 28.8 Å². The molecule has 30 heavy (non-hydrogen) atoms.